The molecule has 1 saturated heterocycles. The van der Waals surface area contributed by atoms with E-state index in [0.29, 0.717) is 36.5 Å². The maximum atomic E-state index is 12.7. The standard InChI is InChI=1S/C17H20N4O4/c1-23-15-16(19-7-6-18-15)24-12-3-2-8-21(10-12)17(22)13-9-14(25-20-13)11-4-5-11/h6-7,9,11-12H,2-5,8,10H2,1H3/t12-/m0/s1. The molecule has 1 aliphatic carbocycles. The third kappa shape index (κ3) is 3.42. The Balaban J connectivity index is 1.42. The number of piperidine rings is 1. The summed E-state index contributed by atoms with van der Waals surface area (Å²) in [6, 6.07) is 1.77. The van der Waals surface area contributed by atoms with E-state index in [4.69, 9.17) is 14.0 Å². The molecule has 1 aliphatic heterocycles. The molecule has 25 heavy (non-hydrogen) atoms. The summed E-state index contributed by atoms with van der Waals surface area (Å²) in [5.74, 6) is 1.83. The highest BCUT2D eigenvalue weighted by atomic mass is 16.5. The van der Waals surface area contributed by atoms with Gasteiger partial charge in [0.25, 0.3) is 17.7 Å². The van der Waals surface area contributed by atoms with E-state index < -0.39 is 0 Å². The van der Waals surface area contributed by atoms with E-state index in [1.165, 1.54) is 7.11 Å². The van der Waals surface area contributed by atoms with Crippen LogP contribution in [0.15, 0.2) is 23.0 Å². The lowest BCUT2D eigenvalue weighted by atomic mass is 10.1. The minimum atomic E-state index is -0.155. The molecule has 2 aromatic rings. The zero-order valence-electron chi connectivity index (χ0n) is 14.1. The second-order valence-electron chi connectivity index (χ2n) is 6.39. The lowest BCUT2D eigenvalue weighted by molar-refractivity contribution is 0.0510. The van der Waals surface area contributed by atoms with Gasteiger partial charge in [0.15, 0.2) is 5.69 Å². The van der Waals surface area contributed by atoms with Gasteiger partial charge in [0.05, 0.1) is 13.7 Å². The molecule has 2 aliphatic rings. The summed E-state index contributed by atoms with van der Waals surface area (Å²) in [6.07, 6.45) is 6.87. The number of hydrogen-bond donors (Lipinski definition) is 0. The molecule has 132 valence electrons. The fourth-order valence-electron chi connectivity index (χ4n) is 3.02. The Bertz CT molecular complexity index is 759. The van der Waals surface area contributed by atoms with E-state index in [1.807, 2.05) is 0 Å². The molecule has 2 fully saturated rings. The van der Waals surface area contributed by atoms with Crippen LogP contribution in [-0.2, 0) is 0 Å². The molecule has 8 heteroatoms. The number of aromatic nitrogens is 3. The molecule has 0 radical (unpaired) electrons. The SMILES string of the molecule is COc1nccnc1O[C@H]1CCCN(C(=O)c2cc(C3CC3)on2)C1. The molecule has 8 nitrogen and oxygen atoms in total. The zero-order valence-corrected chi connectivity index (χ0v) is 14.1. The van der Waals surface area contributed by atoms with Crippen molar-refractivity contribution in [2.24, 2.45) is 0 Å². The number of nitrogens with zero attached hydrogens (tertiary/aromatic N) is 4. The molecule has 0 unspecified atom stereocenters. The van der Waals surface area contributed by atoms with Crippen LogP contribution in [0.1, 0.15) is 47.8 Å². The van der Waals surface area contributed by atoms with Crippen LogP contribution >= 0.6 is 0 Å². The molecular weight excluding hydrogens is 324 g/mol. The summed E-state index contributed by atoms with van der Waals surface area (Å²) in [7, 11) is 1.52. The predicted molar refractivity (Wildman–Crippen MR) is 86.6 cm³/mol. The molecule has 2 aromatic heterocycles. The Morgan fingerprint density at radius 3 is 2.80 bits per heavy atom. The van der Waals surface area contributed by atoms with Crippen molar-refractivity contribution < 1.29 is 18.8 Å². The van der Waals surface area contributed by atoms with Gasteiger partial charge in [0.2, 0.25) is 0 Å². The molecule has 0 spiro atoms. The average molecular weight is 344 g/mol. The smallest absolute Gasteiger partial charge is 0.278 e. The first-order valence-electron chi connectivity index (χ1n) is 8.52. The lowest BCUT2D eigenvalue weighted by Gasteiger charge is -2.32. The number of hydrogen-bond acceptors (Lipinski definition) is 7. The fourth-order valence-corrected chi connectivity index (χ4v) is 3.02. The van der Waals surface area contributed by atoms with Crippen LogP contribution < -0.4 is 9.47 Å². The van der Waals surface area contributed by atoms with Crippen LogP contribution in [-0.4, -0.2) is 52.2 Å². The minimum Gasteiger partial charge on any atom is -0.477 e. The van der Waals surface area contributed by atoms with Crippen molar-refractivity contribution in [1.82, 2.24) is 20.0 Å². The van der Waals surface area contributed by atoms with Gasteiger partial charge in [-0.3, -0.25) is 4.79 Å². The van der Waals surface area contributed by atoms with Crippen molar-refractivity contribution in [3.8, 4) is 11.8 Å². The molecule has 3 heterocycles. The number of likely N-dealkylation sites (tertiary alicyclic amines) is 1. The largest absolute Gasteiger partial charge is 0.477 e. The summed E-state index contributed by atoms with van der Waals surface area (Å²) in [5.41, 5.74) is 0.375. The number of methoxy groups -OCH3 is 1. The minimum absolute atomic E-state index is 0.116. The predicted octanol–water partition coefficient (Wildman–Crippen LogP) is 2.03. The van der Waals surface area contributed by atoms with E-state index in [2.05, 4.69) is 15.1 Å². The first-order valence-corrected chi connectivity index (χ1v) is 8.52. The first-order chi connectivity index (χ1) is 12.2. The van der Waals surface area contributed by atoms with E-state index in [9.17, 15) is 4.79 Å². The van der Waals surface area contributed by atoms with E-state index in [1.54, 1.807) is 23.4 Å². The lowest BCUT2D eigenvalue weighted by Crippen LogP contribution is -2.44. The van der Waals surface area contributed by atoms with Crippen LogP contribution in [0.3, 0.4) is 0 Å². The monoisotopic (exact) mass is 344 g/mol. The maximum absolute atomic E-state index is 12.7. The van der Waals surface area contributed by atoms with Gasteiger partial charge >= 0.3 is 0 Å². The van der Waals surface area contributed by atoms with Crippen LogP contribution in [0, 0.1) is 0 Å². The Kier molecular flexibility index (Phi) is 4.25. The van der Waals surface area contributed by atoms with Crippen LogP contribution in [0.2, 0.25) is 0 Å². The van der Waals surface area contributed by atoms with Gasteiger partial charge in [-0.15, -0.1) is 0 Å². The summed E-state index contributed by atoms with van der Waals surface area (Å²) in [6.45, 7) is 1.16. The van der Waals surface area contributed by atoms with Gasteiger partial charge in [-0.05, 0) is 25.7 Å². The number of amides is 1. The molecule has 1 atom stereocenters. The molecule has 0 aromatic carbocycles. The Morgan fingerprint density at radius 2 is 2.04 bits per heavy atom. The normalized spacial score (nSPS) is 20.4. The van der Waals surface area contributed by atoms with E-state index >= 15 is 0 Å². The highest BCUT2D eigenvalue weighted by Crippen LogP contribution is 2.40. The Hall–Kier alpha value is -2.64. The van der Waals surface area contributed by atoms with Gasteiger partial charge in [0.1, 0.15) is 11.9 Å². The van der Waals surface area contributed by atoms with Crippen molar-refractivity contribution in [2.45, 2.75) is 37.7 Å². The molecule has 0 bridgehead atoms. The molecule has 0 N–H and O–H groups in total. The van der Waals surface area contributed by atoms with Gasteiger partial charge in [0, 0.05) is 30.9 Å². The molecule has 4 rings (SSSR count). The number of ether oxygens (including phenoxy) is 2. The summed E-state index contributed by atoms with van der Waals surface area (Å²) in [5, 5.41) is 3.94. The molecule has 1 saturated carbocycles. The average Bonchev–Trinajstić information content (AvgIpc) is 3.39. The third-order valence-corrected chi connectivity index (χ3v) is 4.50. The van der Waals surface area contributed by atoms with E-state index in [0.717, 1.165) is 31.4 Å². The fraction of sp³-hybridized carbons (Fsp3) is 0.529. The van der Waals surface area contributed by atoms with Crippen LogP contribution in [0.5, 0.6) is 11.8 Å². The third-order valence-electron chi connectivity index (χ3n) is 4.50. The summed E-state index contributed by atoms with van der Waals surface area (Å²) >= 11 is 0. The van der Waals surface area contributed by atoms with Gasteiger partial charge < -0.3 is 18.9 Å². The highest BCUT2D eigenvalue weighted by molar-refractivity contribution is 5.92. The van der Waals surface area contributed by atoms with Gasteiger partial charge in [-0.25, -0.2) is 9.97 Å². The number of carbonyl (C=O) groups excluding carboxylic acids is 1. The quantitative estimate of drug-likeness (QED) is 0.819. The second kappa shape index (κ2) is 6.70. The molecule has 1 amide bonds. The zero-order chi connectivity index (χ0) is 17.2. The summed E-state index contributed by atoms with van der Waals surface area (Å²) in [4.78, 5) is 22.7. The number of rotatable bonds is 5. The van der Waals surface area contributed by atoms with Crippen molar-refractivity contribution in [3.05, 3.63) is 29.9 Å². The Labute approximate surface area is 145 Å². The van der Waals surface area contributed by atoms with Crippen molar-refractivity contribution in [3.63, 3.8) is 0 Å². The maximum Gasteiger partial charge on any atom is 0.278 e. The number of carbonyl (C=O) groups is 1. The van der Waals surface area contributed by atoms with Crippen LogP contribution in [0.25, 0.3) is 0 Å². The van der Waals surface area contributed by atoms with E-state index in [-0.39, 0.29) is 12.0 Å². The Morgan fingerprint density at radius 1 is 1.24 bits per heavy atom. The van der Waals surface area contributed by atoms with Gasteiger partial charge in [-0.1, -0.05) is 5.16 Å². The van der Waals surface area contributed by atoms with Crippen molar-refractivity contribution in [2.75, 3.05) is 20.2 Å². The molecular formula is C17H20N4O4. The van der Waals surface area contributed by atoms with Gasteiger partial charge in [-0.2, -0.15) is 0 Å². The van der Waals surface area contributed by atoms with Crippen molar-refractivity contribution in [1.29, 1.82) is 0 Å². The first kappa shape index (κ1) is 15.9. The topological polar surface area (TPSA) is 90.6 Å². The highest BCUT2D eigenvalue weighted by Gasteiger charge is 2.32. The second-order valence-corrected chi connectivity index (χ2v) is 6.39. The van der Waals surface area contributed by atoms with Crippen LogP contribution in [0.4, 0.5) is 0 Å². The summed E-state index contributed by atoms with van der Waals surface area (Å²) < 4.78 is 16.4. The van der Waals surface area contributed by atoms with Crippen molar-refractivity contribution >= 4 is 5.91 Å².